The molecule has 0 spiro atoms. The number of hydrogen-bond donors (Lipinski definition) is 1. The van der Waals surface area contributed by atoms with Crippen LogP contribution in [0, 0.1) is 6.92 Å². The maximum atomic E-state index is 5.98. The molecular weight excluding hydrogens is 208 g/mol. The second kappa shape index (κ2) is 4.32. The summed E-state index contributed by atoms with van der Waals surface area (Å²) in [5.41, 5.74) is 2.22. The molecule has 0 aliphatic heterocycles. The van der Waals surface area contributed by atoms with Crippen molar-refractivity contribution >= 4 is 23.1 Å². The Bertz CT molecular complexity index is 451. The maximum Gasteiger partial charge on any atom is 0.149 e. The molecule has 0 radical (unpaired) electrons. The van der Waals surface area contributed by atoms with Crippen LogP contribution in [0.1, 0.15) is 5.56 Å². The molecule has 3 heteroatoms. The quantitative estimate of drug-likeness (QED) is 0.830. The molecule has 1 heterocycles. The van der Waals surface area contributed by atoms with Gasteiger partial charge in [-0.05, 0) is 31.2 Å². The van der Waals surface area contributed by atoms with Crippen LogP contribution >= 0.6 is 11.6 Å². The van der Waals surface area contributed by atoms with E-state index in [1.165, 1.54) is 5.56 Å². The van der Waals surface area contributed by atoms with Crippen molar-refractivity contribution < 1.29 is 0 Å². The predicted molar refractivity (Wildman–Crippen MR) is 63.7 cm³/mol. The zero-order valence-electron chi connectivity index (χ0n) is 8.37. The van der Waals surface area contributed by atoms with Gasteiger partial charge in [-0.3, -0.25) is 0 Å². The van der Waals surface area contributed by atoms with E-state index in [1.54, 1.807) is 6.20 Å². The van der Waals surface area contributed by atoms with E-state index in [4.69, 9.17) is 11.6 Å². The number of aromatic nitrogens is 1. The maximum absolute atomic E-state index is 5.98. The first-order valence-electron chi connectivity index (χ1n) is 4.70. The average molecular weight is 219 g/mol. The Kier molecular flexibility index (Phi) is 2.88. The minimum atomic E-state index is 0.623. The fourth-order valence-electron chi connectivity index (χ4n) is 1.25. The molecule has 0 saturated carbocycles. The van der Waals surface area contributed by atoms with Crippen molar-refractivity contribution in [3.63, 3.8) is 0 Å². The summed E-state index contributed by atoms with van der Waals surface area (Å²) in [4.78, 5) is 4.15. The molecule has 15 heavy (non-hydrogen) atoms. The second-order valence-electron chi connectivity index (χ2n) is 3.32. The number of benzene rings is 1. The normalized spacial score (nSPS) is 10.0. The highest BCUT2D eigenvalue weighted by Crippen LogP contribution is 2.22. The third-order valence-corrected chi connectivity index (χ3v) is 2.38. The van der Waals surface area contributed by atoms with Gasteiger partial charge in [0.2, 0.25) is 0 Å². The lowest BCUT2D eigenvalue weighted by molar-refractivity contribution is 1.31. The smallest absolute Gasteiger partial charge is 0.149 e. The molecule has 76 valence electrons. The summed E-state index contributed by atoms with van der Waals surface area (Å²) in [5, 5.41) is 3.78. The Morgan fingerprint density at radius 1 is 1.13 bits per heavy atom. The summed E-state index contributed by atoms with van der Waals surface area (Å²) >= 11 is 5.98. The Morgan fingerprint density at radius 2 is 1.87 bits per heavy atom. The first kappa shape index (κ1) is 9.99. The molecule has 0 bridgehead atoms. The van der Waals surface area contributed by atoms with Gasteiger partial charge in [0.15, 0.2) is 0 Å². The fraction of sp³-hybridized carbons (Fsp3) is 0.0833. The van der Waals surface area contributed by atoms with Crippen molar-refractivity contribution in [2.75, 3.05) is 5.32 Å². The first-order chi connectivity index (χ1) is 7.25. The lowest BCUT2D eigenvalue weighted by Gasteiger charge is -2.06. The van der Waals surface area contributed by atoms with E-state index in [9.17, 15) is 0 Å². The zero-order valence-corrected chi connectivity index (χ0v) is 9.12. The summed E-state index contributed by atoms with van der Waals surface area (Å²) in [6, 6.07) is 11.7. The average Bonchev–Trinajstić information content (AvgIpc) is 2.25. The number of nitrogens with zero attached hydrogens (tertiary/aromatic N) is 1. The van der Waals surface area contributed by atoms with Crippen LogP contribution in [0.5, 0.6) is 0 Å². The third-order valence-electron chi connectivity index (χ3n) is 2.07. The van der Waals surface area contributed by atoms with Crippen molar-refractivity contribution in [3.8, 4) is 0 Å². The van der Waals surface area contributed by atoms with Crippen molar-refractivity contribution in [1.29, 1.82) is 0 Å². The summed E-state index contributed by atoms with van der Waals surface area (Å²) in [5.74, 6) is 0.683. The summed E-state index contributed by atoms with van der Waals surface area (Å²) in [7, 11) is 0. The van der Waals surface area contributed by atoms with E-state index >= 15 is 0 Å². The first-order valence-corrected chi connectivity index (χ1v) is 5.08. The number of hydrogen-bond acceptors (Lipinski definition) is 2. The van der Waals surface area contributed by atoms with Crippen LogP contribution in [0.15, 0.2) is 42.6 Å². The van der Waals surface area contributed by atoms with Gasteiger partial charge in [0, 0.05) is 11.9 Å². The van der Waals surface area contributed by atoms with Gasteiger partial charge >= 0.3 is 0 Å². The van der Waals surface area contributed by atoms with Gasteiger partial charge in [-0.25, -0.2) is 4.98 Å². The van der Waals surface area contributed by atoms with Gasteiger partial charge in [0.25, 0.3) is 0 Å². The molecule has 2 nitrogen and oxygen atoms in total. The highest BCUT2D eigenvalue weighted by molar-refractivity contribution is 6.33. The van der Waals surface area contributed by atoms with E-state index < -0.39 is 0 Å². The standard InChI is InChI=1S/C12H11ClN2/c1-9-4-6-10(7-5-9)15-12-11(13)3-2-8-14-12/h2-8H,1H3,(H,14,15). The Hall–Kier alpha value is -1.54. The van der Waals surface area contributed by atoms with E-state index in [1.807, 2.05) is 36.4 Å². The van der Waals surface area contributed by atoms with E-state index in [0.717, 1.165) is 5.69 Å². The molecule has 0 atom stereocenters. The molecule has 1 N–H and O–H groups in total. The van der Waals surface area contributed by atoms with Gasteiger partial charge in [0.1, 0.15) is 5.82 Å². The highest BCUT2D eigenvalue weighted by Gasteiger charge is 1.99. The van der Waals surface area contributed by atoms with Crippen molar-refractivity contribution in [2.45, 2.75) is 6.92 Å². The molecule has 0 unspecified atom stereocenters. The van der Waals surface area contributed by atoms with Crippen LogP contribution in [0.2, 0.25) is 5.02 Å². The van der Waals surface area contributed by atoms with E-state index in [2.05, 4.69) is 17.2 Å². The minimum Gasteiger partial charge on any atom is -0.339 e. The Morgan fingerprint density at radius 3 is 2.53 bits per heavy atom. The number of pyridine rings is 1. The molecule has 2 rings (SSSR count). The van der Waals surface area contributed by atoms with Gasteiger partial charge in [0.05, 0.1) is 5.02 Å². The second-order valence-corrected chi connectivity index (χ2v) is 3.73. The molecule has 1 aromatic carbocycles. The Balaban J connectivity index is 2.22. The number of aryl methyl sites for hydroxylation is 1. The molecule has 2 aromatic rings. The van der Waals surface area contributed by atoms with Gasteiger partial charge in [-0.2, -0.15) is 0 Å². The fourth-order valence-corrected chi connectivity index (χ4v) is 1.42. The lowest BCUT2D eigenvalue weighted by atomic mass is 10.2. The van der Waals surface area contributed by atoms with Crippen LogP contribution in [0.4, 0.5) is 11.5 Å². The number of rotatable bonds is 2. The van der Waals surface area contributed by atoms with Crippen LogP contribution in [0.3, 0.4) is 0 Å². The van der Waals surface area contributed by atoms with Crippen molar-refractivity contribution in [1.82, 2.24) is 4.98 Å². The molecule has 0 aliphatic carbocycles. The van der Waals surface area contributed by atoms with Crippen LogP contribution in [-0.4, -0.2) is 4.98 Å². The molecule has 0 aliphatic rings. The molecule has 0 fully saturated rings. The zero-order chi connectivity index (χ0) is 10.7. The van der Waals surface area contributed by atoms with Gasteiger partial charge < -0.3 is 5.32 Å². The summed E-state index contributed by atoms with van der Waals surface area (Å²) in [6.45, 7) is 2.05. The highest BCUT2D eigenvalue weighted by atomic mass is 35.5. The van der Waals surface area contributed by atoms with Crippen molar-refractivity contribution in [3.05, 3.63) is 53.2 Å². The predicted octanol–water partition coefficient (Wildman–Crippen LogP) is 3.79. The lowest BCUT2D eigenvalue weighted by Crippen LogP contribution is -1.93. The monoisotopic (exact) mass is 218 g/mol. The Labute approximate surface area is 93.9 Å². The van der Waals surface area contributed by atoms with Crippen LogP contribution in [-0.2, 0) is 0 Å². The third kappa shape index (κ3) is 2.48. The summed E-state index contributed by atoms with van der Waals surface area (Å²) in [6.07, 6.45) is 1.71. The van der Waals surface area contributed by atoms with Crippen LogP contribution in [0.25, 0.3) is 0 Å². The largest absolute Gasteiger partial charge is 0.339 e. The number of halogens is 1. The number of nitrogens with one attached hydrogen (secondary N) is 1. The molecule has 0 saturated heterocycles. The van der Waals surface area contributed by atoms with E-state index in [0.29, 0.717) is 10.8 Å². The molecule has 1 aromatic heterocycles. The van der Waals surface area contributed by atoms with Gasteiger partial charge in [-0.1, -0.05) is 29.3 Å². The molecular formula is C12H11ClN2. The summed E-state index contributed by atoms with van der Waals surface area (Å²) < 4.78 is 0. The SMILES string of the molecule is Cc1ccc(Nc2ncccc2Cl)cc1. The topological polar surface area (TPSA) is 24.9 Å². The number of anilines is 2. The minimum absolute atomic E-state index is 0.623. The van der Waals surface area contributed by atoms with Crippen LogP contribution < -0.4 is 5.32 Å². The van der Waals surface area contributed by atoms with Crippen molar-refractivity contribution in [2.24, 2.45) is 0 Å². The van der Waals surface area contributed by atoms with E-state index in [-0.39, 0.29) is 0 Å². The molecule has 0 amide bonds. The van der Waals surface area contributed by atoms with Gasteiger partial charge in [-0.15, -0.1) is 0 Å².